The van der Waals surface area contributed by atoms with Crippen molar-refractivity contribution in [1.29, 1.82) is 0 Å². The minimum atomic E-state index is -0.539. The third kappa shape index (κ3) is 4.30. The fourth-order valence-electron chi connectivity index (χ4n) is 3.26. The zero-order valence-electron chi connectivity index (χ0n) is 16.0. The van der Waals surface area contributed by atoms with Gasteiger partial charge >= 0.3 is 12.1 Å². The number of anilines is 3. The third-order valence-corrected chi connectivity index (χ3v) is 5.46. The van der Waals surface area contributed by atoms with Crippen molar-refractivity contribution in [3.8, 4) is 0 Å². The maximum Gasteiger partial charge on any atom is 0.414 e. The lowest BCUT2D eigenvalue weighted by molar-refractivity contribution is -0.100. The third-order valence-electron chi connectivity index (χ3n) is 4.77. The largest absolute Gasteiger partial charge is 0.443 e. The van der Waals surface area contributed by atoms with E-state index in [0.29, 0.717) is 29.6 Å². The standard InChI is InChI=1S/C18H21FN6O4S/c19-14-9-12(24-11-13(10-20)29-18(24)27)1-2-15(14)23-4-5-25(28-7-6-23)17(26)22-16-21-3-8-30-16/h1-3,8-9,13H,4-7,10-11,20H2,(H,21,22,26)/t13-/m0/s1. The fourth-order valence-corrected chi connectivity index (χ4v) is 3.78. The highest BCUT2D eigenvalue weighted by atomic mass is 32.1. The lowest BCUT2D eigenvalue weighted by Crippen LogP contribution is -2.37. The van der Waals surface area contributed by atoms with Gasteiger partial charge in [0.2, 0.25) is 0 Å². The van der Waals surface area contributed by atoms with E-state index in [0.717, 1.165) is 0 Å². The van der Waals surface area contributed by atoms with Crippen molar-refractivity contribution in [2.45, 2.75) is 6.10 Å². The number of thiazole rings is 1. The number of benzene rings is 1. The molecule has 0 spiro atoms. The van der Waals surface area contributed by atoms with Crippen LogP contribution in [0.15, 0.2) is 29.8 Å². The molecule has 0 saturated carbocycles. The SMILES string of the molecule is NC[C@H]1CN(c2ccc(N3CCON(C(=O)Nc4nccs4)CC3)c(F)c2)C(=O)O1. The molecule has 1 aromatic carbocycles. The minimum absolute atomic E-state index is 0.211. The van der Waals surface area contributed by atoms with Gasteiger partial charge in [-0.15, -0.1) is 11.3 Å². The minimum Gasteiger partial charge on any atom is -0.443 e. The highest BCUT2D eigenvalue weighted by molar-refractivity contribution is 7.13. The maximum atomic E-state index is 14.8. The van der Waals surface area contributed by atoms with E-state index in [9.17, 15) is 14.0 Å². The molecular formula is C18H21FN6O4S. The van der Waals surface area contributed by atoms with Gasteiger partial charge in [0.1, 0.15) is 11.9 Å². The van der Waals surface area contributed by atoms with Crippen molar-refractivity contribution >= 4 is 40.0 Å². The van der Waals surface area contributed by atoms with E-state index in [-0.39, 0.29) is 26.2 Å². The van der Waals surface area contributed by atoms with Crippen LogP contribution < -0.4 is 20.9 Å². The Hall–Kier alpha value is -2.96. The van der Waals surface area contributed by atoms with E-state index >= 15 is 0 Å². The first kappa shape index (κ1) is 20.3. The molecule has 2 saturated heterocycles. The van der Waals surface area contributed by atoms with Crippen LogP contribution in [0.3, 0.4) is 0 Å². The fraction of sp³-hybridized carbons (Fsp3) is 0.389. The van der Waals surface area contributed by atoms with Crippen molar-refractivity contribution in [3.05, 3.63) is 35.6 Å². The summed E-state index contributed by atoms with van der Waals surface area (Å²) in [6.07, 6.45) is 0.655. The molecule has 4 rings (SSSR count). The molecule has 2 fully saturated rings. The second-order valence-corrected chi connectivity index (χ2v) is 7.57. The van der Waals surface area contributed by atoms with Crippen LogP contribution in [0.1, 0.15) is 0 Å². The number of halogens is 1. The first-order valence-corrected chi connectivity index (χ1v) is 10.3. The number of aromatic nitrogens is 1. The number of urea groups is 1. The molecule has 2 aliphatic rings. The van der Waals surface area contributed by atoms with Crippen LogP contribution in [0.4, 0.5) is 30.5 Å². The summed E-state index contributed by atoms with van der Waals surface area (Å²) in [6, 6.07) is 4.15. The summed E-state index contributed by atoms with van der Waals surface area (Å²) in [4.78, 5) is 36.9. The van der Waals surface area contributed by atoms with Gasteiger partial charge in [0.05, 0.1) is 31.1 Å². The van der Waals surface area contributed by atoms with Gasteiger partial charge in [-0.25, -0.2) is 24.0 Å². The van der Waals surface area contributed by atoms with E-state index in [1.165, 1.54) is 27.4 Å². The van der Waals surface area contributed by atoms with Crippen LogP contribution in [-0.2, 0) is 9.57 Å². The highest BCUT2D eigenvalue weighted by Gasteiger charge is 2.32. The normalized spacial score (nSPS) is 19.6. The number of ether oxygens (including phenoxy) is 1. The van der Waals surface area contributed by atoms with E-state index in [4.69, 9.17) is 15.3 Å². The van der Waals surface area contributed by atoms with Crippen LogP contribution in [0, 0.1) is 5.82 Å². The number of carbonyl (C=O) groups is 2. The molecular weight excluding hydrogens is 415 g/mol. The van der Waals surface area contributed by atoms with Gasteiger partial charge in [-0.2, -0.15) is 0 Å². The summed E-state index contributed by atoms with van der Waals surface area (Å²) in [7, 11) is 0. The zero-order valence-corrected chi connectivity index (χ0v) is 16.8. The number of amides is 3. The molecule has 0 radical (unpaired) electrons. The predicted molar refractivity (Wildman–Crippen MR) is 109 cm³/mol. The summed E-state index contributed by atoms with van der Waals surface area (Å²) in [6.45, 7) is 1.73. The van der Waals surface area contributed by atoms with Gasteiger partial charge in [-0.3, -0.25) is 15.1 Å². The molecule has 1 aromatic heterocycles. The van der Waals surface area contributed by atoms with Gasteiger partial charge in [0.15, 0.2) is 5.13 Å². The second kappa shape index (κ2) is 8.81. The molecule has 3 N–H and O–H groups in total. The van der Waals surface area contributed by atoms with Crippen LogP contribution in [0.5, 0.6) is 0 Å². The Morgan fingerprint density at radius 3 is 2.93 bits per heavy atom. The monoisotopic (exact) mass is 436 g/mol. The summed E-state index contributed by atoms with van der Waals surface area (Å²) >= 11 is 1.30. The summed E-state index contributed by atoms with van der Waals surface area (Å²) < 4.78 is 20.0. The van der Waals surface area contributed by atoms with Gasteiger partial charge in [-0.05, 0) is 18.2 Å². The Morgan fingerprint density at radius 1 is 1.37 bits per heavy atom. The van der Waals surface area contributed by atoms with Crippen molar-refractivity contribution < 1.29 is 23.6 Å². The van der Waals surface area contributed by atoms with E-state index in [1.54, 1.807) is 28.6 Å². The van der Waals surface area contributed by atoms with E-state index in [2.05, 4.69) is 10.3 Å². The first-order valence-electron chi connectivity index (χ1n) is 9.39. The Balaban J connectivity index is 1.40. The van der Waals surface area contributed by atoms with Crippen LogP contribution in [0.25, 0.3) is 0 Å². The van der Waals surface area contributed by atoms with Crippen molar-refractivity contribution in [1.82, 2.24) is 10.0 Å². The number of nitrogens with two attached hydrogens (primary N) is 1. The first-order chi connectivity index (χ1) is 14.5. The molecule has 3 heterocycles. The molecule has 0 aliphatic carbocycles. The second-order valence-electron chi connectivity index (χ2n) is 6.68. The van der Waals surface area contributed by atoms with E-state index in [1.807, 2.05) is 0 Å². The van der Waals surface area contributed by atoms with Gasteiger partial charge < -0.3 is 15.4 Å². The molecule has 30 heavy (non-hydrogen) atoms. The average Bonchev–Trinajstić information content (AvgIpc) is 3.30. The Labute approximate surface area is 175 Å². The Bertz CT molecular complexity index is 914. The smallest absolute Gasteiger partial charge is 0.414 e. The number of rotatable bonds is 4. The predicted octanol–water partition coefficient (Wildman–Crippen LogP) is 1.85. The van der Waals surface area contributed by atoms with Crippen molar-refractivity contribution in [2.24, 2.45) is 5.73 Å². The van der Waals surface area contributed by atoms with Crippen LogP contribution >= 0.6 is 11.3 Å². The molecule has 160 valence electrons. The number of cyclic esters (lactones) is 1. The van der Waals surface area contributed by atoms with Crippen molar-refractivity contribution in [2.75, 3.05) is 54.4 Å². The maximum absolute atomic E-state index is 14.8. The molecule has 12 heteroatoms. The number of hydrogen-bond donors (Lipinski definition) is 2. The molecule has 2 aromatic rings. The summed E-state index contributed by atoms with van der Waals surface area (Å²) in [5.74, 6) is -0.475. The molecule has 1 atom stereocenters. The van der Waals surface area contributed by atoms with Crippen LogP contribution in [-0.4, -0.2) is 67.6 Å². The molecule has 0 bridgehead atoms. The molecule has 2 aliphatic heterocycles. The number of nitrogens with one attached hydrogen (secondary N) is 1. The number of carbonyl (C=O) groups excluding carboxylic acids is 2. The lowest BCUT2D eigenvalue weighted by Gasteiger charge is -2.23. The number of hydroxylamine groups is 2. The molecule has 3 amide bonds. The summed E-state index contributed by atoms with van der Waals surface area (Å²) in [5, 5.41) is 6.10. The summed E-state index contributed by atoms with van der Waals surface area (Å²) in [5.41, 5.74) is 6.32. The van der Waals surface area contributed by atoms with Crippen LogP contribution in [0.2, 0.25) is 0 Å². The Kier molecular flexibility index (Phi) is 5.97. The lowest BCUT2D eigenvalue weighted by atomic mass is 10.2. The zero-order chi connectivity index (χ0) is 21.1. The quantitative estimate of drug-likeness (QED) is 0.752. The van der Waals surface area contributed by atoms with Gasteiger partial charge in [-0.1, -0.05) is 0 Å². The van der Waals surface area contributed by atoms with E-state index < -0.39 is 24.0 Å². The van der Waals surface area contributed by atoms with Gasteiger partial charge in [0.25, 0.3) is 0 Å². The number of hydrogen-bond acceptors (Lipinski definition) is 8. The highest BCUT2D eigenvalue weighted by Crippen LogP contribution is 2.28. The topological polar surface area (TPSA) is 113 Å². The molecule has 0 unspecified atom stereocenters. The Morgan fingerprint density at radius 2 is 2.23 bits per heavy atom. The average molecular weight is 436 g/mol. The van der Waals surface area contributed by atoms with Crippen molar-refractivity contribution in [3.63, 3.8) is 0 Å². The van der Waals surface area contributed by atoms with Gasteiger partial charge in [0, 0.05) is 31.2 Å². The number of nitrogens with zero attached hydrogens (tertiary/aromatic N) is 4. The molecule has 10 nitrogen and oxygen atoms in total.